The maximum atomic E-state index is 13.2. The number of para-hydroxylation sites is 2. The highest BCUT2D eigenvalue weighted by molar-refractivity contribution is 9.10. The first-order chi connectivity index (χ1) is 12.6. The maximum absolute atomic E-state index is 13.2. The van der Waals surface area contributed by atoms with E-state index in [0.29, 0.717) is 22.1 Å². The summed E-state index contributed by atoms with van der Waals surface area (Å²) >= 11 is 3.36. The van der Waals surface area contributed by atoms with Crippen LogP contribution in [-0.4, -0.2) is 20.9 Å². The Morgan fingerprint density at radius 2 is 1.96 bits per heavy atom. The van der Waals surface area contributed by atoms with E-state index in [-0.39, 0.29) is 11.7 Å². The first-order valence-corrected chi connectivity index (χ1v) is 8.97. The molecule has 0 aliphatic carbocycles. The third-order valence-electron chi connectivity index (χ3n) is 4.41. The van der Waals surface area contributed by atoms with Crippen molar-refractivity contribution in [2.24, 2.45) is 0 Å². The van der Waals surface area contributed by atoms with Gasteiger partial charge in [-0.15, -0.1) is 0 Å². The molecule has 0 radical (unpaired) electrons. The molecule has 1 aliphatic heterocycles. The van der Waals surface area contributed by atoms with E-state index >= 15 is 0 Å². The van der Waals surface area contributed by atoms with Gasteiger partial charge in [-0.25, -0.2) is 0 Å². The minimum atomic E-state index is -0.491. The van der Waals surface area contributed by atoms with Gasteiger partial charge in [-0.05, 0) is 45.8 Å². The second kappa shape index (κ2) is 6.80. The molecule has 1 aliphatic rings. The SMILES string of the molecule is O=C1c2ccccc2N[C@H](c2cccc(Br)c2O)N1Cc1cccnc1. The van der Waals surface area contributed by atoms with Crippen molar-refractivity contribution >= 4 is 27.5 Å². The average Bonchev–Trinajstić information content (AvgIpc) is 2.67. The van der Waals surface area contributed by atoms with Crippen LogP contribution in [0.3, 0.4) is 0 Å². The Labute approximate surface area is 159 Å². The molecule has 2 N–H and O–H groups in total. The molecule has 0 saturated carbocycles. The Bertz CT molecular complexity index is 962. The maximum Gasteiger partial charge on any atom is 0.258 e. The van der Waals surface area contributed by atoms with Gasteiger partial charge in [0.25, 0.3) is 5.91 Å². The quantitative estimate of drug-likeness (QED) is 0.675. The standard InChI is InChI=1S/C20H16BrN3O2/c21-16-8-3-7-15(18(16)25)19-23-17-9-2-1-6-14(17)20(26)24(19)12-13-5-4-10-22-11-13/h1-11,19,23,25H,12H2/t19-/m0/s1. The lowest BCUT2D eigenvalue weighted by Gasteiger charge is -2.38. The molecule has 6 heteroatoms. The molecule has 4 rings (SSSR count). The molecule has 1 aromatic heterocycles. The Kier molecular flexibility index (Phi) is 4.34. The number of carbonyl (C=O) groups excluding carboxylic acids is 1. The van der Waals surface area contributed by atoms with E-state index in [0.717, 1.165) is 11.3 Å². The molecule has 26 heavy (non-hydrogen) atoms. The molecular weight excluding hydrogens is 394 g/mol. The number of halogens is 1. The van der Waals surface area contributed by atoms with E-state index in [1.165, 1.54) is 0 Å². The molecule has 0 unspecified atom stereocenters. The third kappa shape index (κ3) is 2.93. The van der Waals surface area contributed by atoms with E-state index in [9.17, 15) is 9.90 Å². The van der Waals surface area contributed by atoms with Gasteiger partial charge in [-0.3, -0.25) is 9.78 Å². The fourth-order valence-electron chi connectivity index (χ4n) is 3.14. The molecule has 2 heterocycles. The monoisotopic (exact) mass is 409 g/mol. The van der Waals surface area contributed by atoms with Crippen molar-refractivity contribution in [2.45, 2.75) is 12.7 Å². The Hall–Kier alpha value is -2.86. The van der Waals surface area contributed by atoms with Gasteiger partial charge in [0.2, 0.25) is 0 Å². The van der Waals surface area contributed by atoms with Crippen LogP contribution in [0.2, 0.25) is 0 Å². The normalized spacial score (nSPS) is 16.1. The summed E-state index contributed by atoms with van der Waals surface area (Å²) in [6, 6.07) is 16.6. The number of anilines is 1. The minimum Gasteiger partial charge on any atom is -0.506 e. The number of hydrogen-bond donors (Lipinski definition) is 2. The number of aromatic nitrogens is 1. The number of pyridine rings is 1. The molecule has 130 valence electrons. The van der Waals surface area contributed by atoms with E-state index in [1.807, 2.05) is 42.5 Å². The van der Waals surface area contributed by atoms with Crippen molar-refractivity contribution in [2.75, 3.05) is 5.32 Å². The highest BCUT2D eigenvalue weighted by Crippen LogP contribution is 2.39. The fourth-order valence-corrected chi connectivity index (χ4v) is 3.52. The van der Waals surface area contributed by atoms with E-state index in [2.05, 4.69) is 26.2 Å². The highest BCUT2D eigenvalue weighted by atomic mass is 79.9. The molecule has 2 aromatic carbocycles. The number of benzene rings is 2. The molecule has 1 amide bonds. The average molecular weight is 410 g/mol. The fraction of sp³-hybridized carbons (Fsp3) is 0.100. The van der Waals surface area contributed by atoms with Crippen LogP contribution in [0.4, 0.5) is 5.69 Å². The minimum absolute atomic E-state index is 0.0902. The van der Waals surface area contributed by atoms with Crippen LogP contribution >= 0.6 is 15.9 Å². The van der Waals surface area contributed by atoms with Gasteiger partial charge in [-0.2, -0.15) is 0 Å². The number of phenolic OH excluding ortho intramolecular Hbond substituents is 1. The summed E-state index contributed by atoms with van der Waals surface area (Å²) in [6.07, 6.45) is 2.95. The molecule has 1 atom stereocenters. The number of phenols is 1. The first kappa shape index (κ1) is 16.6. The van der Waals surface area contributed by atoms with Crippen LogP contribution in [0.1, 0.15) is 27.7 Å². The van der Waals surface area contributed by atoms with Gasteiger partial charge in [-0.1, -0.05) is 30.3 Å². The van der Waals surface area contributed by atoms with Gasteiger partial charge >= 0.3 is 0 Å². The number of fused-ring (bicyclic) bond motifs is 1. The zero-order valence-electron chi connectivity index (χ0n) is 13.8. The lowest BCUT2D eigenvalue weighted by atomic mass is 10.0. The zero-order valence-corrected chi connectivity index (χ0v) is 15.3. The van der Waals surface area contributed by atoms with Gasteiger partial charge in [0.1, 0.15) is 11.9 Å². The third-order valence-corrected chi connectivity index (χ3v) is 5.05. The predicted molar refractivity (Wildman–Crippen MR) is 103 cm³/mol. The summed E-state index contributed by atoms with van der Waals surface area (Å²) in [5.41, 5.74) is 2.92. The number of aromatic hydroxyl groups is 1. The Morgan fingerprint density at radius 3 is 2.77 bits per heavy atom. The molecule has 0 bridgehead atoms. The van der Waals surface area contributed by atoms with E-state index in [4.69, 9.17) is 0 Å². The number of nitrogens with zero attached hydrogens (tertiary/aromatic N) is 2. The van der Waals surface area contributed by atoms with E-state index < -0.39 is 6.17 Å². The molecule has 5 nitrogen and oxygen atoms in total. The molecule has 0 spiro atoms. The summed E-state index contributed by atoms with van der Waals surface area (Å²) in [5.74, 6) is 0.0287. The summed E-state index contributed by atoms with van der Waals surface area (Å²) in [7, 11) is 0. The zero-order chi connectivity index (χ0) is 18.1. The van der Waals surface area contributed by atoms with Crippen molar-refractivity contribution < 1.29 is 9.90 Å². The van der Waals surface area contributed by atoms with Crippen molar-refractivity contribution in [3.63, 3.8) is 0 Å². The van der Waals surface area contributed by atoms with Gasteiger partial charge < -0.3 is 15.3 Å². The van der Waals surface area contributed by atoms with Gasteiger partial charge in [0, 0.05) is 30.2 Å². The Morgan fingerprint density at radius 1 is 1.12 bits per heavy atom. The largest absolute Gasteiger partial charge is 0.506 e. The summed E-state index contributed by atoms with van der Waals surface area (Å²) < 4.78 is 0.587. The van der Waals surface area contributed by atoms with Crippen LogP contribution in [-0.2, 0) is 6.54 Å². The van der Waals surface area contributed by atoms with E-state index in [1.54, 1.807) is 29.4 Å². The molecule has 0 fully saturated rings. The first-order valence-electron chi connectivity index (χ1n) is 8.18. The van der Waals surface area contributed by atoms with Crippen molar-refractivity contribution in [3.05, 3.63) is 88.2 Å². The number of nitrogens with one attached hydrogen (secondary N) is 1. The summed E-state index contributed by atoms with van der Waals surface area (Å²) in [5, 5.41) is 13.9. The van der Waals surface area contributed by atoms with Gasteiger partial charge in [0.05, 0.1) is 10.0 Å². The number of rotatable bonds is 3. The van der Waals surface area contributed by atoms with Crippen molar-refractivity contribution in [1.29, 1.82) is 0 Å². The van der Waals surface area contributed by atoms with Crippen LogP contribution in [0, 0.1) is 0 Å². The second-order valence-corrected chi connectivity index (χ2v) is 6.92. The van der Waals surface area contributed by atoms with Crippen molar-refractivity contribution in [1.82, 2.24) is 9.88 Å². The van der Waals surface area contributed by atoms with Crippen LogP contribution in [0.15, 0.2) is 71.5 Å². The predicted octanol–water partition coefficient (Wildman–Crippen LogP) is 4.32. The van der Waals surface area contributed by atoms with Crippen LogP contribution < -0.4 is 5.32 Å². The number of carbonyl (C=O) groups is 1. The lowest BCUT2D eigenvalue weighted by molar-refractivity contribution is 0.0664. The molecular formula is C20H16BrN3O2. The smallest absolute Gasteiger partial charge is 0.258 e. The highest BCUT2D eigenvalue weighted by Gasteiger charge is 2.34. The lowest BCUT2D eigenvalue weighted by Crippen LogP contribution is -2.42. The topological polar surface area (TPSA) is 65.5 Å². The molecule has 3 aromatic rings. The van der Waals surface area contributed by atoms with Crippen LogP contribution in [0.5, 0.6) is 5.75 Å². The number of amides is 1. The molecule has 0 saturated heterocycles. The summed E-state index contributed by atoms with van der Waals surface area (Å²) in [6.45, 7) is 0.380. The number of hydrogen-bond acceptors (Lipinski definition) is 4. The summed E-state index contributed by atoms with van der Waals surface area (Å²) in [4.78, 5) is 19.0. The van der Waals surface area contributed by atoms with Gasteiger partial charge in [0.15, 0.2) is 0 Å². The Balaban J connectivity index is 1.81. The second-order valence-electron chi connectivity index (χ2n) is 6.06. The van der Waals surface area contributed by atoms with Crippen LogP contribution in [0.25, 0.3) is 0 Å². The van der Waals surface area contributed by atoms with Crippen molar-refractivity contribution in [3.8, 4) is 5.75 Å².